The van der Waals surface area contributed by atoms with Crippen molar-refractivity contribution in [2.45, 2.75) is 0 Å². The second-order valence-corrected chi connectivity index (χ2v) is 8.69. The van der Waals surface area contributed by atoms with Crippen molar-refractivity contribution < 1.29 is 19.1 Å². The Kier molecular flexibility index (Phi) is 6.98. The van der Waals surface area contributed by atoms with E-state index in [0.717, 1.165) is 4.57 Å². The zero-order valence-electron chi connectivity index (χ0n) is 20.8. The molecule has 3 aromatic carbocycles. The van der Waals surface area contributed by atoms with Gasteiger partial charge in [-0.1, -0.05) is 30.3 Å². The van der Waals surface area contributed by atoms with Crippen LogP contribution in [0.15, 0.2) is 83.8 Å². The highest BCUT2D eigenvalue weighted by Crippen LogP contribution is 2.23. The van der Waals surface area contributed by atoms with Gasteiger partial charge in [-0.2, -0.15) is 4.98 Å². The molecule has 5 rings (SSSR count). The summed E-state index contributed by atoms with van der Waals surface area (Å²) in [6, 6.07) is 20.2. The highest BCUT2D eigenvalue weighted by molar-refractivity contribution is 7.71. The third kappa shape index (κ3) is 5.03. The number of ketones is 1. The molecule has 0 saturated carbocycles. The molecule has 0 fully saturated rings. The zero-order chi connectivity index (χ0) is 27.5. The Labute approximate surface area is 226 Å². The summed E-state index contributed by atoms with van der Waals surface area (Å²) in [6.45, 7) is 0. The number of aromatic amines is 1. The van der Waals surface area contributed by atoms with Gasteiger partial charge in [0, 0.05) is 22.4 Å². The maximum Gasteiger partial charge on any atom is 0.269 e. The van der Waals surface area contributed by atoms with Gasteiger partial charge in [-0.25, -0.2) is 9.55 Å². The third-order valence-electron chi connectivity index (χ3n) is 5.92. The van der Waals surface area contributed by atoms with E-state index in [9.17, 15) is 14.4 Å². The number of H-pyrrole nitrogens is 1. The molecule has 10 nitrogen and oxygen atoms in total. The number of anilines is 1. The fourth-order valence-electron chi connectivity index (χ4n) is 3.95. The minimum Gasteiger partial charge on any atom is -0.490 e. The highest BCUT2D eigenvalue weighted by Gasteiger charge is 2.16. The van der Waals surface area contributed by atoms with Crippen LogP contribution < -0.4 is 20.3 Å². The second-order valence-electron chi connectivity index (χ2n) is 8.31. The number of amides is 1. The lowest BCUT2D eigenvalue weighted by molar-refractivity contribution is 0.102. The van der Waals surface area contributed by atoms with E-state index in [1.165, 1.54) is 38.6 Å². The molecular weight excluding hydrogens is 518 g/mol. The molecular formula is C28H21N5O5S. The molecule has 0 aliphatic rings. The van der Waals surface area contributed by atoms with E-state index in [1.807, 2.05) is 6.07 Å². The van der Waals surface area contributed by atoms with Gasteiger partial charge in [0.1, 0.15) is 0 Å². The van der Waals surface area contributed by atoms with E-state index in [1.54, 1.807) is 48.5 Å². The maximum absolute atomic E-state index is 13.3. The van der Waals surface area contributed by atoms with Crippen molar-refractivity contribution in [2.24, 2.45) is 0 Å². The van der Waals surface area contributed by atoms with Crippen molar-refractivity contribution >= 4 is 40.5 Å². The molecule has 2 heterocycles. The van der Waals surface area contributed by atoms with E-state index in [2.05, 4.69) is 20.3 Å². The Morgan fingerprint density at radius 3 is 2.31 bits per heavy atom. The van der Waals surface area contributed by atoms with Crippen LogP contribution in [0.4, 0.5) is 5.69 Å². The van der Waals surface area contributed by atoms with Crippen LogP contribution in [0.25, 0.3) is 16.9 Å². The number of hydrogen-bond acceptors (Lipinski definition) is 8. The fourth-order valence-corrected chi connectivity index (χ4v) is 4.22. The summed E-state index contributed by atoms with van der Waals surface area (Å²) in [5.74, 6) is -0.0450. The number of carbonyl (C=O) groups excluding carboxylic acids is 2. The lowest BCUT2D eigenvalue weighted by atomic mass is 10.0. The third-order valence-corrected chi connectivity index (χ3v) is 6.21. The summed E-state index contributed by atoms with van der Waals surface area (Å²) in [4.78, 5) is 50.2. The predicted octanol–water partition coefficient (Wildman–Crippen LogP) is 4.34. The first kappa shape index (κ1) is 25.5. The number of aromatic nitrogens is 4. The number of ether oxygens (including phenoxy) is 2. The fraction of sp³-hybridized carbons (Fsp3) is 0.0714. The average molecular weight is 540 g/mol. The first-order valence-electron chi connectivity index (χ1n) is 11.6. The molecule has 0 aliphatic heterocycles. The van der Waals surface area contributed by atoms with Gasteiger partial charge in [-0.3, -0.25) is 14.4 Å². The van der Waals surface area contributed by atoms with Crippen LogP contribution >= 0.6 is 12.2 Å². The molecule has 2 N–H and O–H groups in total. The summed E-state index contributed by atoms with van der Waals surface area (Å²) < 4.78 is 11.5. The van der Waals surface area contributed by atoms with Gasteiger partial charge < -0.3 is 19.8 Å². The van der Waals surface area contributed by atoms with Crippen molar-refractivity contribution in [3.63, 3.8) is 0 Å². The van der Waals surface area contributed by atoms with Crippen LogP contribution in [-0.4, -0.2) is 45.4 Å². The van der Waals surface area contributed by atoms with Gasteiger partial charge in [0.05, 0.1) is 31.3 Å². The van der Waals surface area contributed by atoms with E-state index in [0.29, 0.717) is 33.6 Å². The zero-order valence-corrected chi connectivity index (χ0v) is 21.6. The monoisotopic (exact) mass is 539 g/mol. The molecule has 5 aromatic rings. The first-order chi connectivity index (χ1) is 18.9. The minimum absolute atomic E-state index is 0.0109. The summed E-state index contributed by atoms with van der Waals surface area (Å²) in [6.07, 6.45) is 1.38. The SMILES string of the molecule is COc1cnc(-n2c(=S)[nH]c3cc(C(=O)Nc4ccc(C(=O)c5ccccc5)cc4)ccc3c2=O)nc1OC. The Balaban J connectivity index is 1.40. The topological polar surface area (TPSA) is 128 Å². The molecule has 0 aliphatic carbocycles. The van der Waals surface area contributed by atoms with Crippen LogP contribution in [0, 0.1) is 4.77 Å². The van der Waals surface area contributed by atoms with Gasteiger partial charge >= 0.3 is 0 Å². The minimum atomic E-state index is -0.466. The summed E-state index contributed by atoms with van der Waals surface area (Å²) in [5.41, 5.74) is 1.81. The lowest BCUT2D eigenvalue weighted by Crippen LogP contribution is -2.23. The van der Waals surface area contributed by atoms with Crippen molar-refractivity contribution in [1.29, 1.82) is 0 Å². The Morgan fingerprint density at radius 1 is 0.923 bits per heavy atom. The van der Waals surface area contributed by atoms with Gasteiger partial charge in [0.25, 0.3) is 17.3 Å². The van der Waals surface area contributed by atoms with Gasteiger partial charge in [0.15, 0.2) is 16.3 Å². The van der Waals surface area contributed by atoms with Crippen LogP contribution in [0.2, 0.25) is 0 Å². The molecule has 194 valence electrons. The largest absolute Gasteiger partial charge is 0.490 e. The lowest BCUT2D eigenvalue weighted by Gasteiger charge is -2.11. The Hall–Kier alpha value is -5.16. The molecule has 0 unspecified atom stereocenters. The molecule has 0 radical (unpaired) electrons. The van der Waals surface area contributed by atoms with E-state index < -0.39 is 11.5 Å². The summed E-state index contributed by atoms with van der Waals surface area (Å²) >= 11 is 5.40. The van der Waals surface area contributed by atoms with Crippen molar-refractivity contribution in [3.05, 3.63) is 111 Å². The molecule has 0 atom stereocenters. The molecule has 0 spiro atoms. The predicted molar refractivity (Wildman–Crippen MR) is 148 cm³/mol. The van der Waals surface area contributed by atoms with E-state index in [4.69, 9.17) is 21.7 Å². The highest BCUT2D eigenvalue weighted by atomic mass is 32.1. The van der Waals surface area contributed by atoms with Gasteiger partial charge in [-0.15, -0.1) is 0 Å². The molecule has 1 amide bonds. The molecule has 11 heteroatoms. The maximum atomic E-state index is 13.3. The number of hydrogen-bond donors (Lipinski definition) is 2. The molecule has 0 saturated heterocycles. The van der Waals surface area contributed by atoms with Crippen LogP contribution in [-0.2, 0) is 0 Å². The van der Waals surface area contributed by atoms with Gasteiger partial charge in [0.2, 0.25) is 5.95 Å². The number of fused-ring (bicyclic) bond motifs is 1. The number of methoxy groups -OCH3 is 2. The smallest absolute Gasteiger partial charge is 0.269 e. The first-order valence-corrected chi connectivity index (χ1v) is 12.1. The van der Waals surface area contributed by atoms with E-state index >= 15 is 0 Å². The summed E-state index contributed by atoms with van der Waals surface area (Å²) in [7, 11) is 2.87. The number of benzene rings is 3. The standard InChI is InChI=1S/C28H21N5O5S/c1-37-22-15-29-27(32-25(22)38-2)33-26(36)20-13-10-18(14-21(20)31-28(33)39)24(35)30-19-11-8-17(9-12-19)23(34)16-6-4-3-5-7-16/h3-15H,1-2H3,(H,30,35)(H,31,39). The Morgan fingerprint density at radius 2 is 1.62 bits per heavy atom. The second kappa shape index (κ2) is 10.7. The molecule has 39 heavy (non-hydrogen) atoms. The number of carbonyl (C=O) groups is 2. The molecule has 0 bridgehead atoms. The van der Waals surface area contributed by atoms with Crippen LogP contribution in [0.3, 0.4) is 0 Å². The number of nitrogens with zero attached hydrogens (tertiary/aromatic N) is 3. The van der Waals surface area contributed by atoms with Crippen molar-refractivity contribution in [1.82, 2.24) is 19.5 Å². The normalized spacial score (nSPS) is 10.7. The van der Waals surface area contributed by atoms with Crippen molar-refractivity contribution in [2.75, 3.05) is 19.5 Å². The van der Waals surface area contributed by atoms with Gasteiger partial charge in [-0.05, 0) is 54.7 Å². The number of rotatable bonds is 7. The average Bonchev–Trinajstić information content (AvgIpc) is 2.97. The van der Waals surface area contributed by atoms with Crippen molar-refractivity contribution in [3.8, 4) is 17.6 Å². The van der Waals surface area contributed by atoms with E-state index in [-0.39, 0.29) is 27.8 Å². The molecule has 2 aromatic heterocycles. The van der Waals surface area contributed by atoms with Crippen LogP contribution in [0.5, 0.6) is 11.6 Å². The number of nitrogens with one attached hydrogen (secondary N) is 2. The van der Waals surface area contributed by atoms with Crippen LogP contribution in [0.1, 0.15) is 26.3 Å². The summed E-state index contributed by atoms with van der Waals surface area (Å²) in [5, 5.41) is 3.08. The quantitative estimate of drug-likeness (QED) is 0.231. The Bertz CT molecular complexity index is 1830.